The molecule has 4 rings (SSSR count). The van der Waals surface area contributed by atoms with Gasteiger partial charge in [-0.15, -0.1) is 0 Å². The van der Waals surface area contributed by atoms with Crippen molar-refractivity contribution < 1.29 is 9.53 Å². The Morgan fingerprint density at radius 3 is 2.45 bits per heavy atom. The zero-order valence-corrected chi connectivity index (χ0v) is 16.3. The van der Waals surface area contributed by atoms with Crippen LogP contribution in [0.3, 0.4) is 0 Å². The summed E-state index contributed by atoms with van der Waals surface area (Å²) in [7, 11) is 0. The van der Waals surface area contributed by atoms with Gasteiger partial charge in [-0.25, -0.2) is 4.79 Å². The van der Waals surface area contributed by atoms with Gasteiger partial charge in [0.25, 0.3) is 0 Å². The summed E-state index contributed by atoms with van der Waals surface area (Å²) in [5, 5.41) is 10.4. The molecular formula is C25H22N2O2. The van der Waals surface area contributed by atoms with Crippen molar-refractivity contribution in [2.45, 2.75) is 25.3 Å². The summed E-state index contributed by atoms with van der Waals surface area (Å²) >= 11 is 0. The molecule has 0 saturated carbocycles. The van der Waals surface area contributed by atoms with E-state index in [1.165, 1.54) is 0 Å². The van der Waals surface area contributed by atoms with Gasteiger partial charge in [0.05, 0.1) is 6.07 Å². The van der Waals surface area contributed by atoms with E-state index < -0.39 is 11.6 Å². The van der Waals surface area contributed by atoms with Crippen molar-refractivity contribution in [3.63, 3.8) is 0 Å². The van der Waals surface area contributed by atoms with E-state index in [1.54, 1.807) is 17.0 Å². The van der Waals surface area contributed by atoms with Crippen LogP contribution in [0.15, 0.2) is 78.9 Å². The van der Waals surface area contributed by atoms with Crippen LogP contribution in [-0.2, 0) is 18.4 Å². The summed E-state index contributed by atoms with van der Waals surface area (Å²) in [4.78, 5) is 14.7. The molecule has 0 N–H and O–H groups in total. The highest BCUT2D eigenvalue weighted by atomic mass is 16.6. The minimum absolute atomic E-state index is 0.407. The second-order valence-corrected chi connectivity index (χ2v) is 7.37. The van der Waals surface area contributed by atoms with Crippen molar-refractivity contribution in [3.8, 4) is 11.8 Å². The summed E-state index contributed by atoms with van der Waals surface area (Å²) in [5.41, 5.74) is 3.02. The van der Waals surface area contributed by atoms with Gasteiger partial charge < -0.3 is 4.74 Å². The summed E-state index contributed by atoms with van der Waals surface area (Å²) in [5.74, 6) is 0.471. The van der Waals surface area contributed by atoms with Gasteiger partial charge in [-0.1, -0.05) is 72.3 Å². The maximum atomic E-state index is 13.1. The number of aryl methyl sites for hydroxylation is 1. The second-order valence-electron chi connectivity index (χ2n) is 7.37. The molecule has 144 valence electrons. The highest BCUT2D eigenvalue weighted by molar-refractivity contribution is 5.74. The largest absolute Gasteiger partial charge is 0.416 e. The Labute approximate surface area is 171 Å². The summed E-state index contributed by atoms with van der Waals surface area (Å²) in [6, 6.07) is 27.5. The fourth-order valence-electron chi connectivity index (χ4n) is 3.95. The highest BCUT2D eigenvalue weighted by Crippen LogP contribution is 2.38. The van der Waals surface area contributed by atoms with Crippen LogP contribution < -0.4 is 4.74 Å². The Balaban J connectivity index is 1.76. The van der Waals surface area contributed by atoms with Crippen LogP contribution in [0.4, 0.5) is 4.79 Å². The van der Waals surface area contributed by atoms with Crippen LogP contribution in [0.25, 0.3) is 0 Å². The standard InChI is InChI=1S/C25H22N2O2/c1-19-11-13-20(14-12-19)17-25(18-26)23-10-6-5-7-21(23)15-16-27(25)24(28)29-22-8-3-2-4-9-22/h2-14H,15-17H2,1H3/t25-/m1/s1. The fourth-order valence-corrected chi connectivity index (χ4v) is 3.95. The molecule has 0 saturated heterocycles. The molecule has 0 bridgehead atoms. The Hall–Kier alpha value is -3.58. The zero-order chi connectivity index (χ0) is 20.3. The molecule has 0 aliphatic carbocycles. The SMILES string of the molecule is Cc1ccc(C[C@@]2(C#N)c3ccccc3CCN2C(=O)Oc2ccccc2)cc1. The van der Waals surface area contributed by atoms with Crippen LogP contribution in [-0.4, -0.2) is 17.5 Å². The first kappa shape index (κ1) is 18.8. The number of amides is 1. The molecule has 0 unspecified atom stereocenters. The van der Waals surface area contributed by atoms with Crippen molar-refractivity contribution in [1.29, 1.82) is 5.26 Å². The number of benzene rings is 3. The number of para-hydroxylation sites is 1. The van der Waals surface area contributed by atoms with Crippen LogP contribution in [0.2, 0.25) is 0 Å². The van der Waals surface area contributed by atoms with Crippen LogP contribution in [0.1, 0.15) is 22.3 Å². The predicted molar refractivity (Wildman–Crippen MR) is 111 cm³/mol. The summed E-state index contributed by atoms with van der Waals surface area (Å²) in [6.07, 6.45) is 0.599. The van der Waals surface area contributed by atoms with E-state index in [4.69, 9.17) is 4.74 Å². The van der Waals surface area contributed by atoms with Gasteiger partial charge in [0.2, 0.25) is 0 Å². The van der Waals surface area contributed by atoms with Crippen molar-refractivity contribution in [2.24, 2.45) is 0 Å². The Bertz CT molecular complexity index is 1050. The van der Waals surface area contributed by atoms with Gasteiger partial charge in [0, 0.05) is 13.0 Å². The van der Waals surface area contributed by atoms with E-state index >= 15 is 0 Å². The van der Waals surface area contributed by atoms with E-state index in [9.17, 15) is 10.1 Å². The number of carbonyl (C=O) groups excluding carboxylic acids is 1. The Morgan fingerprint density at radius 2 is 1.72 bits per heavy atom. The van der Waals surface area contributed by atoms with Crippen molar-refractivity contribution in [3.05, 3.63) is 101 Å². The first-order valence-electron chi connectivity index (χ1n) is 9.72. The molecule has 0 spiro atoms. The van der Waals surface area contributed by atoms with Crippen molar-refractivity contribution >= 4 is 6.09 Å². The number of nitrogens with zero attached hydrogens (tertiary/aromatic N) is 2. The maximum Gasteiger partial charge on any atom is 0.416 e. The molecule has 4 heteroatoms. The molecule has 1 heterocycles. The molecule has 1 aliphatic heterocycles. The monoisotopic (exact) mass is 382 g/mol. The van der Waals surface area contributed by atoms with Crippen molar-refractivity contribution in [2.75, 3.05) is 6.54 Å². The molecular weight excluding hydrogens is 360 g/mol. The van der Waals surface area contributed by atoms with Gasteiger partial charge in [-0.3, -0.25) is 4.90 Å². The van der Waals surface area contributed by atoms with Crippen LogP contribution in [0.5, 0.6) is 5.75 Å². The molecule has 29 heavy (non-hydrogen) atoms. The van der Waals surface area contributed by atoms with E-state index in [-0.39, 0.29) is 0 Å². The summed E-state index contributed by atoms with van der Waals surface area (Å²) in [6.45, 7) is 2.46. The lowest BCUT2D eigenvalue weighted by molar-refractivity contribution is 0.0993. The minimum atomic E-state index is -1.12. The molecule has 1 atom stereocenters. The predicted octanol–water partition coefficient (Wildman–Crippen LogP) is 5.01. The van der Waals surface area contributed by atoms with Gasteiger partial charge in [0.1, 0.15) is 5.75 Å². The second kappa shape index (κ2) is 7.81. The third-order valence-corrected chi connectivity index (χ3v) is 5.46. The van der Waals surface area contributed by atoms with E-state index in [2.05, 4.69) is 6.07 Å². The minimum Gasteiger partial charge on any atom is -0.410 e. The van der Waals surface area contributed by atoms with E-state index in [1.807, 2.05) is 73.7 Å². The molecule has 1 amide bonds. The molecule has 0 radical (unpaired) electrons. The molecule has 3 aromatic carbocycles. The van der Waals surface area contributed by atoms with Crippen molar-refractivity contribution in [1.82, 2.24) is 4.90 Å². The Morgan fingerprint density at radius 1 is 1.03 bits per heavy atom. The number of nitriles is 1. The number of fused-ring (bicyclic) bond motifs is 1. The quantitative estimate of drug-likeness (QED) is 0.639. The normalized spacial score (nSPS) is 17.9. The first-order valence-corrected chi connectivity index (χ1v) is 9.72. The third kappa shape index (κ3) is 3.60. The third-order valence-electron chi connectivity index (χ3n) is 5.46. The van der Waals surface area contributed by atoms with Crippen LogP contribution in [0, 0.1) is 18.3 Å². The van der Waals surface area contributed by atoms with Gasteiger partial charge in [-0.05, 0) is 42.2 Å². The Kier molecular flexibility index (Phi) is 5.05. The average molecular weight is 382 g/mol. The van der Waals surface area contributed by atoms with Gasteiger partial charge in [-0.2, -0.15) is 5.26 Å². The molecule has 1 aliphatic rings. The fraction of sp³-hybridized carbons (Fsp3) is 0.200. The highest BCUT2D eigenvalue weighted by Gasteiger charge is 2.46. The zero-order valence-electron chi connectivity index (χ0n) is 16.3. The number of hydrogen-bond donors (Lipinski definition) is 0. The molecule has 4 nitrogen and oxygen atoms in total. The average Bonchev–Trinajstić information content (AvgIpc) is 2.76. The van der Waals surface area contributed by atoms with E-state index in [0.717, 1.165) is 22.3 Å². The molecule has 0 aromatic heterocycles. The summed E-state index contributed by atoms with van der Waals surface area (Å²) < 4.78 is 5.62. The molecule has 0 fully saturated rings. The van der Waals surface area contributed by atoms with Gasteiger partial charge >= 0.3 is 6.09 Å². The number of hydrogen-bond acceptors (Lipinski definition) is 3. The molecule has 3 aromatic rings. The van der Waals surface area contributed by atoms with Gasteiger partial charge in [0.15, 0.2) is 5.54 Å². The lowest BCUT2D eigenvalue weighted by Crippen LogP contribution is -2.54. The first-order chi connectivity index (χ1) is 14.1. The number of carbonyl (C=O) groups is 1. The smallest absolute Gasteiger partial charge is 0.410 e. The number of rotatable bonds is 3. The van der Waals surface area contributed by atoms with E-state index in [0.29, 0.717) is 25.1 Å². The number of ether oxygens (including phenoxy) is 1. The maximum absolute atomic E-state index is 13.1. The topological polar surface area (TPSA) is 53.3 Å². The van der Waals surface area contributed by atoms with Crippen LogP contribution >= 0.6 is 0 Å². The lowest BCUT2D eigenvalue weighted by Gasteiger charge is -2.43. The lowest BCUT2D eigenvalue weighted by atomic mass is 9.77.